The number of nitrogens with one attached hydrogen (secondary N) is 1. The van der Waals surface area contributed by atoms with Gasteiger partial charge in [0, 0.05) is 22.1 Å². The molecule has 0 aliphatic heterocycles. The van der Waals surface area contributed by atoms with Crippen molar-refractivity contribution in [1.82, 2.24) is 4.98 Å². The lowest BCUT2D eigenvalue weighted by Gasteiger charge is -2.12. The molecule has 2 N–H and O–H groups in total. The first-order valence-electron chi connectivity index (χ1n) is 6.75. The third-order valence-corrected chi connectivity index (χ3v) is 4.63. The Morgan fingerprint density at radius 2 is 2.10 bits per heavy atom. The number of thiophene rings is 1. The second kappa shape index (κ2) is 5.65. The van der Waals surface area contributed by atoms with Gasteiger partial charge in [-0.2, -0.15) is 0 Å². The van der Waals surface area contributed by atoms with Gasteiger partial charge in [0.1, 0.15) is 5.69 Å². The van der Waals surface area contributed by atoms with E-state index >= 15 is 0 Å². The number of hydrogen-bond acceptors (Lipinski definition) is 4. The predicted molar refractivity (Wildman–Crippen MR) is 80.1 cm³/mol. The van der Waals surface area contributed by atoms with Gasteiger partial charge < -0.3 is 10.4 Å². The molecule has 5 nitrogen and oxygen atoms in total. The first kappa shape index (κ1) is 13.8. The minimum atomic E-state index is -1.11. The van der Waals surface area contributed by atoms with Crippen molar-refractivity contribution in [2.75, 3.05) is 5.32 Å². The summed E-state index contributed by atoms with van der Waals surface area (Å²) >= 11 is 1.63. The van der Waals surface area contributed by atoms with E-state index in [2.05, 4.69) is 10.3 Å². The van der Waals surface area contributed by atoms with Gasteiger partial charge in [-0.1, -0.05) is 0 Å². The number of fused-ring (bicyclic) bond motifs is 1. The van der Waals surface area contributed by atoms with Crippen molar-refractivity contribution in [1.29, 1.82) is 0 Å². The van der Waals surface area contributed by atoms with Crippen LogP contribution in [-0.2, 0) is 12.8 Å². The normalized spacial score (nSPS) is 13.5. The fourth-order valence-corrected chi connectivity index (χ4v) is 3.63. The van der Waals surface area contributed by atoms with Gasteiger partial charge in [-0.15, -0.1) is 11.3 Å². The zero-order chi connectivity index (χ0) is 14.8. The Morgan fingerprint density at radius 1 is 1.29 bits per heavy atom. The number of carboxylic acids is 1. The van der Waals surface area contributed by atoms with Crippen molar-refractivity contribution >= 4 is 28.9 Å². The lowest BCUT2D eigenvalue weighted by atomic mass is 9.95. The summed E-state index contributed by atoms with van der Waals surface area (Å²) in [5, 5.41) is 13.6. The van der Waals surface area contributed by atoms with Gasteiger partial charge in [0.15, 0.2) is 0 Å². The van der Waals surface area contributed by atoms with Crippen LogP contribution in [0, 0.1) is 0 Å². The standard InChI is InChI=1S/C15H14N2O3S/c18-14(11-8-21-13-4-2-1-3-10(11)13)17-9-5-6-16-12(7-9)15(19)20/h5-8H,1-4H2,(H,19,20)(H,16,17,18). The Morgan fingerprint density at radius 3 is 2.90 bits per heavy atom. The van der Waals surface area contributed by atoms with E-state index in [0.29, 0.717) is 11.3 Å². The molecule has 0 fully saturated rings. The highest BCUT2D eigenvalue weighted by molar-refractivity contribution is 7.10. The number of aromatic carboxylic acids is 1. The Kier molecular flexibility index (Phi) is 3.70. The first-order valence-corrected chi connectivity index (χ1v) is 7.63. The molecule has 0 bridgehead atoms. The van der Waals surface area contributed by atoms with Crippen LogP contribution in [0.2, 0.25) is 0 Å². The topological polar surface area (TPSA) is 79.3 Å². The molecule has 2 aromatic rings. The molecular formula is C15H14N2O3S. The molecule has 0 saturated heterocycles. The van der Waals surface area contributed by atoms with Crippen LogP contribution in [0.4, 0.5) is 5.69 Å². The molecule has 0 atom stereocenters. The van der Waals surface area contributed by atoms with E-state index in [-0.39, 0.29) is 11.6 Å². The lowest BCUT2D eigenvalue weighted by molar-refractivity contribution is 0.0690. The zero-order valence-electron chi connectivity index (χ0n) is 11.3. The number of carboxylic acid groups (broad SMARTS) is 1. The average Bonchev–Trinajstić information content (AvgIpc) is 2.91. The van der Waals surface area contributed by atoms with Gasteiger partial charge >= 0.3 is 5.97 Å². The van der Waals surface area contributed by atoms with Crippen molar-refractivity contribution in [2.45, 2.75) is 25.7 Å². The number of aromatic nitrogens is 1. The van der Waals surface area contributed by atoms with Crippen molar-refractivity contribution in [3.8, 4) is 0 Å². The highest BCUT2D eigenvalue weighted by Crippen LogP contribution is 2.30. The fourth-order valence-electron chi connectivity index (χ4n) is 2.51. The lowest BCUT2D eigenvalue weighted by Crippen LogP contribution is -2.15. The Balaban J connectivity index is 1.82. The molecular weight excluding hydrogens is 288 g/mol. The number of amides is 1. The van der Waals surface area contributed by atoms with Gasteiger partial charge in [-0.3, -0.25) is 4.79 Å². The van der Waals surface area contributed by atoms with Gasteiger partial charge in [0.25, 0.3) is 5.91 Å². The fraction of sp³-hybridized carbons (Fsp3) is 0.267. The first-order chi connectivity index (χ1) is 10.1. The number of hydrogen-bond donors (Lipinski definition) is 2. The number of carbonyl (C=O) groups is 2. The van der Waals surface area contributed by atoms with Crippen LogP contribution in [0.5, 0.6) is 0 Å². The molecule has 1 aliphatic rings. The summed E-state index contributed by atoms with van der Waals surface area (Å²) in [6.45, 7) is 0. The maximum absolute atomic E-state index is 12.4. The number of aryl methyl sites for hydroxylation is 1. The van der Waals surface area contributed by atoms with E-state index in [0.717, 1.165) is 24.8 Å². The summed E-state index contributed by atoms with van der Waals surface area (Å²) in [4.78, 5) is 28.3. The quantitative estimate of drug-likeness (QED) is 0.913. The number of carbonyl (C=O) groups excluding carboxylic acids is 1. The van der Waals surface area contributed by atoms with Crippen molar-refractivity contribution in [2.24, 2.45) is 0 Å². The summed E-state index contributed by atoms with van der Waals surface area (Å²) < 4.78 is 0. The van der Waals surface area contributed by atoms with Gasteiger partial charge in [0.05, 0.1) is 5.56 Å². The Bertz CT molecular complexity index is 709. The number of anilines is 1. The third-order valence-electron chi connectivity index (χ3n) is 3.54. The summed E-state index contributed by atoms with van der Waals surface area (Å²) in [6, 6.07) is 2.95. The van der Waals surface area contributed by atoms with E-state index < -0.39 is 5.97 Å². The number of rotatable bonds is 3. The van der Waals surface area contributed by atoms with Crippen LogP contribution in [0.1, 0.15) is 44.1 Å². The summed E-state index contributed by atoms with van der Waals surface area (Å²) in [5.74, 6) is -1.30. The third kappa shape index (κ3) is 2.80. The smallest absolute Gasteiger partial charge is 0.354 e. The Labute approximate surface area is 125 Å². The van der Waals surface area contributed by atoms with Crippen molar-refractivity contribution < 1.29 is 14.7 Å². The number of nitrogens with zero attached hydrogens (tertiary/aromatic N) is 1. The van der Waals surface area contributed by atoms with Gasteiger partial charge in [-0.25, -0.2) is 9.78 Å². The SMILES string of the molecule is O=C(O)c1cc(NC(=O)c2csc3c2CCCC3)ccn1. The molecule has 3 rings (SSSR count). The van der Waals surface area contributed by atoms with E-state index in [1.54, 1.807) is 17.4 Å². The number of pyridine rings is 1. The molecule has 0 saturated carbocycles. The minimum absolute atomic E-state index is 0.0832. The van der Waals surface area contributed by atoms with E-state index in [9.17, 15) is 9.59 Å². The molecule has 2 heterocycles. The molecule has 0 aromatic carbocycles. The monoisotopic (exact) mass is 302 g/mol. The minimum Gasteiger partial charge on any atom is -0.477 e. The Hall–Kier alpha value is -2.21. The maximum atomic E-state index is 12.4. The maximum Gasteiger partial charge on any atom is 0.354 e. The van der Waals surface area contributed by atoms with Crippen LogP contribution < -0.4 is 5.32 Å². The predicted octanol–water partition coefficient (Wildman–Crippen LogP) is 2.97. The van der Waals surface area contributed by atoms with E-state index in [4.69, 9.17) is 5.11 Å². The van der Waals surface area contributed by atoms with Gasteiger partial charge in [-0.05, 0) is 43.4 Å². The largest absolute Gasteiger partial charge is 0.477 e. The van der Waals surface area contributed by atoms with Gasteiger partial charge in [0.2, 0.25) is 0 Å². The molecule has 6 heteroatoms. The van der Waals surface area contributed by atoms with Crippen LogP contribution >= 0.6 is 11.3 Å². The van der Waals surface area contributed by atoms with Crippen LogP contribution in [0.15, 0.2) is 23.7 Å². The van der Waals surface area contributed by atoms with Crippen LogP contribution in [0.25, 0.3) is 0 Å². The summed E-state index contributed by atoms with van der Waals surface area (Å²) in [7, 11) is 0. The molecule has 2 aromatic heterocycles. The van der Waals surface area contributed by atoms with E-state index in [1.165, 1.54) is 23.6 Å². The van der Waals surface area contributed by atoms with Crippen LogP contribution in [0.3, 0.4) is 0 Å². The zero-order valence-corrected chi connectivity index (χ0v) is 12.1. The summed E-state index contributed by atoms with van der Waals surface area (Å²) in [5.41, 5.74) is 2.22. The highest BCUT2D eigenvalue weighted by Gasteiger charge is 2.20. The molecule has 0 unspecified atom stereocenters. The molecule has 1 amide bonds. The average molecular weight is 302 g/mol. The highest BCUT2D eigenvalue weighted by atomic mass is 32.1. The second-order valence-corrected chi connectivity index (χ2v) is 5.91. The van der Waals surface area contributed by atoms with Crippen LogP contribution in [-0.4, -0.2) is 22.0 Å². The summed E-state index contributed by atoms with van der Waals surface area (Å²) in [6.07, 6.45) is 5.66. The van der Waals surface area contributed by atoms with E-state index in [1.807, 2.05) is 5.38 Å². The second-order valence-electron chi connectivity index (χ2n) is 4.95. The molecule has 21 heavy (non-hydrogen) atoms. The van der Waals surface area contributed by atoms with Crippen molar-refractivity contribution in [3.63, 3.8) is 0 Å². The molecule has 0 radical (unpaired) electrons. The van der Waals surface area contributed by atoms with Crippen molar-refractivity contribution in [3.05, 3.63) is 45.4 Å². The molecule has 108 valence electrons. The molecule has 1 aliphatic carbocycles. The molecule has 0 spiro atoms.